The molecule has 14 rings (SSSR count). The largest absolute Gasteiger partial charge is 0.309 e. The van der Waals surface area contributed by atoms with Crippen LogP contribution in [0.3, 0.4) is 0 Å². The number of aromatic nitrogens is 4. The fourth-order valence-corrected chi connectivity index (χ4v) is 11.0. The number of nitrogens with zero attached hydrogens (tertiary/aromatic N) is 4. The van der Waals surface area contributed by atoms with Gasteiger partial charge in [-0.25, -0.2) is 0 Å². The van der Waals surface area contributed by atoms with Crippen molar-refractivity contribution in [2.75, 3.05) is 0 Å². The van der Waals surface area contributed by atoms with Gasteiger partial charge < -0.3 is 9.13 Å². The summed E-state index contributed by atoms with van der Waals surface area (Å²) in [5.41, 5.74) is 16.1. The first-order valence-electron chi connectivity index (χ1n) is 23.2. The van der Waals surface area contributed by atoms with E-state index < -0.39 is 0 Å². The van der Waals surface area contributed by atoms with Crippen molar-refractivity contribution >= 4 is 75.9 Å². The first-order chi connectivity index (χ1) is 33.7. The van der Waals surface area contributed by atoms with E-state index in [-0.39, 0.29) is 0 Å². The number of fused-ring (bicyclic) bond motifs is 9. The minimum absolute atomic E-state index is 1.06. The molecule has 0 fully saturated rings. The lowest BCUT2D eigenvalue weighted by Gasteiger charge is -2.20. The highest BCUT2D eigenvalue weighted by molar-refractivity contribution is 6.22. The zero-order valence-corrected chi connectivity index (χ0v) is 36.9. The molecule has 0 aliphatic heterocycles. The van der Waals surface area contributed by atoms with Gasteiger partial charge in [-0.05, 0) is 137 Å². The van der Waals surface area contributed by atoms with Gasteiger partial charge in [0.25, 0.3) is 0 Å². The van der Waals surface area contributed by atoms with Crippen molar-refractivity contribution < 1.29 is 0 Å². The number of hydrogen-bond acceptors (Lipinski definition) is 2. The lowest BCUT2D eigenvalue weighted by molar-refractivity contribution is 1.13. The summed E-state index contributed by atoms with van der Waals surface area (Å²) in [4.78, 5) is 9.38. The third-order valence-corrected chi connectivity index (χ3v) is 14.0. The molecule has 14 aromatic rings. The van der Waals surface area contributed by atoms with Crippen molar-refractivity contribution in [3.05, 3.63) is 243 Å². The molecule has 0 saturated carbocycles. The monoisotopic (exact) mass is 864 g/mol. The van der Waals surface area contributed by atoms with Crippen LogP contribution >= 0.6 is 0 Å². The lowest BCUT2D eigenvalue weighted by atomic mass is 9.85. The second-order valence-electron chi connectivity index (χ2n) is 17.8. The molecule has 0 unspecified atom stereocenters. The highest BCUT2D eigenvalue weighted by Crippen LogP contribution is 2.46. The van der Waals surface area contributed by atoms with Crippen molar-refractivity contribution in [3.63, 3.8) is 0 Å². The van der Waals surface area contributed by atoms with E-state index in [2.05, 4.69) is 237 Å². The molecule has 0 spiro atoms. The minimum Gasteiger partial charge on any atom is -0.309 e. The minimum atomic E-state index is 1.06. The Kier molecular flexibility index (Phi) is 8.55. The molecule has 4 heterocycles. The number of rotatable bonds is 6. The quantitative estimate of drug-likeness (QED) is 0.156. The third-order valence-electron chi connectivity index (χ3n) is 14.0. The summed E-state index contributed by atoms with van der Waals surface area (Å²) >= 11 is 0. The van der Waals surface area contributed by atoms with E-state index in [0.29, 0.717) is 0 Å². The highest BCUT2D eigenvalue weighted by Gasteiger charge is 2.22. The van der Waals surface area contributed by atoms with E-state index in [1.807, 2.05) is 24.8 Å². The van der Waals surface area contributed by atoms with Gasteiger partial charge >= 0.3 is 0 Å². The Hall–Kier alpha value is -9.12. The van der Waals surface area contributed by atoms with Crippen molar-refractivity contribution in [3.8, 4) is 55.9 Å². The maximum atomic E-state index is 4.69. The molecule has 4 heteroatoms. The summed E-state index contributed by atoms with van der Waals surface area (Å²) in [6.07, 6.45) is 7.86. The fourth-order valence-electron chi connectivity index (χ4n) is 11.0. The predicted octanol–water partition coefficient (Wildman–Crippen LogP) is 16.8. The van der Waals surface area contributed by atoms with Crippen LogP contribution in [-0.4, -0.2) is 19.1 Å². The molecule has 0 amide bonds. The molecule has 0 saturated heterocycles. The SMILES string of the molecule is c1ccc(-c2ccc3c(c2)c2cnccc2n3-c2cc(-c3c4ccccc4c(-c4ccc5ccccc5c4)c4ccccc34)cc(-n3c4ccncc4c4cc(-c5ccccc5)ccc43)c2)cc1. The Bertz CT molecular complexity index is 4080. The standard InChI is InChI=1S/C64H40N4/c1-3-13-41(14-4-1)45-25-27-59-55(36-45)57-39-65-31-29-61(57)67(59)49-34-48(35-50(38-49)68-60-28-26-46(42-15-5-2-6-16-42)37-56(60)58-40-66-32-30-62(58)68)64-53-21-11-9-19-51(53)63(52-20-10-12-22-54(52)64)47-24-23-43-17-7-8-18-44(43)33-47/h1-40H. The fraction of sp³-hybridized carbons (Fsp3) is 0. The van der Waals surface area contributed by atoms with Gasteiger partial charge in [0.05, 0.1) is 22.1 Å². The average molecular weight is 865 g/mol. The van der Waals surface area contributed by atoms with Gasteiger partial charge in [0, 0.05) is 57.7 Å². The van der Waals surface area contributed by atoms with Crippen LogP contribution in [0.15, 0.2) is 243 Å². The van der Waals surface area contributed by atoms with Crippen LogP contribution in [0.25, 0.3) is 132 Å². The molecule has 4 aromatic heterocycles. The summed E-state index contributed by atoms with van der Waals surface area (Å²) in [5, 5.41) is 11.9. The van der Waals surface area contributed by atoms with E-state index in [9.17, 15) is 0 Å². The van der Waals surface area contributed by atoms with Crippen LogP contribution in [0.5, 0.6) is 0 Å². The molecule has 68 heavy (non-hydrogen) atoms. The van der Waals surface area contributed by atoms with Crippen molar-refractivity contribution in [2.45, 2.75) is 0 Å². The molecule has 0 radical (unpaired) electrons. The first-order valence-corrected chi connectivity index (χ1v) is 23.2. The number of benzene rings is 10. The Balaban J connectivity index is 1.09. The molecule has 0 atom stereocenters. The Morgan fingerprint density at radius 1 is 0.250 bits per heavy atom. The van der Waals surface area contributed by atoms with Crippen LogP contribution < -0.4 is 0 Å². The van der Waals surface area contributed by atoms with Crippen molar-refractivity contribution in [2.24, 2.45) is 0 Å². The normalized spacial score (nSPS) is 11.8. The zero-order valence-electron chi connectivity index (χ0n) is 36.9. The van der Waals surface area contributed by atoms with Crippen LogP contribution in [0, 0.1) is 0 Å². The maximum Gasteiger partial charge on any atom is 0.0571 e. The van der Waals surface area contributed by atoms with Gasteiger partial charge in [-0.2, -0.15) is 0 Å². The van der Waals surface area contributed by atoms with Gasteiger partial charge in [-0.15, -0.1) is 0 Å². The van der Waals surface area contributed by atoms with Gasteiger partial charge in [0.15, 0.2) is 0 Å². The Labute approximate surface area is 392 Å². The summed E-state index contributed by atoms with van der Waals surface area (Å²) in [6.45, 7) is 0. The number of hydrogen-bond donors (Lipinski definition) is 0. The van der Waals surface area contributed by atoms with Crippen LogP contribution in [-0.2, 0) is 0 Å². The van der Waals surface area contributed by atoms with E-state index in [4.69, 9.17) is 0 Å². The van der Waals surface area contributed by atoms with Gasteiger partial charge in [0.1, 0.15) is 0 Å². The molecule has 0 bridgehead atoms. The van der Waals surface area contributed by atoms with Crippen molar-refractivity contribution in [1.82, 2.24) is 19.1 Å². The summed E-state index contributed by atoms with van der Waals surface area (Å²) < 4.78 is 4.87. The maximum absolute atomic E-state index is 4.69. The van der Waals surface area contributed by atoms with E-state index >= 15 is 0 Å². The van der Waals surface area contributed by atoms with E-state index in [1.54, 1.807) is 0 Å². The molecular weight excluding hydrogens is 825 g/mol. The summed E-state index contributed by atoms with van der Waals surface area (Å²) in [7, 11) is 0. The molecular formula is C64H40N4. The lowest BCUT2D eigenvalue weighted by Crippen LogP contribution is -2.01. The van der Waals surface area contributed by atoms with Gasteiger partial charge in [-0.1, -0.05) is 158 Å². The Morgan fingerprint density at radius 2 is 0.676 bits per heavy atom. The molecule has 0 aliphatic rings. The predicted molar refractivity (Wildman–Crippen MR) is 285 cm³/mol. The van der Waals surface area contributed by atoms with Gasteiger partial charge in [-0.3, -0.25) is 9.97 Å². The second-order valence-corrected chi connectivity index (χ2v) is 17.8. The molecule has 0 aliphatic carbocycles. The molecule has 10 aromatic carbocycles. The summed E-state index contributed by atoms with van der Waals surface area (Å²) in [5.74, 6) is 0. The molecule has 4 nitrogen and oxygen atoms in total. The van der Waals surface area contributed by atoms with E-state index in [1.165, 1.54) is 71.3 Å². The third kappa shape index (κ3) is 5.94. The highest BCUT2D eigenvalue weighted by atomic mass is 15.0. The van der Waals surface area contributed by atoms with Crippen LogP contribution in [0.1, 0.15) is 0 Å². The molecule has 0 N–H and O–H groups in total. The summed E-state index contributed by atoms with van der Waals surface area (Å²) in [6, 6.07) is 80.0. The van der Waals surface area contributed by atoms with Gasteiger partial charge in [0.2, 0.25) is 0 Å². The molecule has 316 valence electrons. The Morgan fingerprint density at radius 3 is 1.19 bits per heavy atom. The van der Waals surface area contributed by atoms with Crippen LogP contribution in [0.4, 0.5) is 0 Å². The van der Waals surface area contributed by atoms with Crippen LogP contribution in [0.2, 0.25) is 0 Å². The number of pyridine rings is 2. The van der Waals surface area contributed by atoms with Crippen molar-refractivity contribution in [1.29, 1.82) is 0 Å². The zero-order chi connectivity index (χ0) is 44.7. The smallest absolute Gasteiger partial charge is 0.0571 e. The average Bonchev–Trinajstić information content (AvgIpc) is 3.92. The second kappa shape index (κ2) is 15.2. The topological polar surface area (TPSA) is 35.6 Å². The van der Waals surface area contributed by atoms with E-state index in [0.717, 1.165) is 60.5 Å². The first kappa shape index (κ1) is 38.2.